The number of nitro groups is 1. The second-order valence-corrected chi connectivity index (χ2v) is 4.42. The lowest BCUT2D eigenvalue weighted by molar-refractivity contribution is -0.402. The zero-order valence-electron chi connectivity index (χ0n) is 11.0. The first-order valence-electron chi connectivity index (χ1n) is 6.12. The Balaban J connectivity index is 2.03. The fourth-order valence-corrected chi connectivity index (χ4v) is 2.21. The van der Waals surface area contributed by atoms with Crippen LogP contribution in [0, 0.1) is 10.1 Å². The van der Waals surface area contributed by atoms with E-state index in [1.807, 2.05) is 0 Å². The van der Waals surface area contributed by atoms with Crippen LogP contribution in [0.4, 0.5) is 5.88 Å². The number of benzene rings is 1. The Hall–Kier alpha value is -2.87. The Morgan fingerprint density at radius 3 is 2.76 bits per heavy atom. The van der Waals surface area contributed by atoms with Crippen LogP contribution in [0.3, 0.4) is 0 Å². The molecule has 0 spiro atoms. The number of oxazole rings is 1. The number of aromatic amines is 1. The van der Waals surface area contributed by atoms with Crippen LogP contribution < -0.4 is 11.1 Å². The van der Waals surface area contributed by atoms with Crippen molar-refractivity contribution < 1.29 is 13.8 Å². The fraction of sp³-hybridized carbons (Fsp3) is 0.154. The summed E-state index contributed by atoms with van der Waals surface area (Å²) in [4.78, 5) is 23.8. The molecule has 0 amide bonds. The van der Waals surface area contributed by atoms with Gasteiger partial charge in [-0.1, -0.05) is 6.07 Å². The smallest absolute Gasteiger partial charge is 0.408 e. The minimum Gasteiger partial charge on any atom is -0.408 e. The number of aromatic nitrogens is 1. The maximum Gasteiger partial charge on any atom is 0.433 e. The largest absolute Gasteiger partial charge is 0.433 e. The second-order valence-electron chi connectivity index (χ2n) is 4.42. The molecule has 3 aromatic rings. The van der Waals surface area contributed by atoms with Crippen molar-refractivity contribution >= 4 is 17.0 Å². The predicted octanol–water partition coefficient (Wildman–Crippen LogP) is 1.93. The van der Waals surface area contributed by atoms with Gasteiger partial charge < -0.3 is 14.2 Å². The third kappa shape index (κ3) is 2.32. The monoisotopic (exact) mass is 289 g/mol. The minimum atomic E-state index is -0.593. The van der Waals surface area contributed by atoms with E-state index in [9.17, 15) is 14.9 Å². The van der Waals surface area contributed by atoms with Crippen molar-refractivity contribution in [3.05, 3.63) is 62.3 Å². The van der Waals surface area contributed by atoms with Crippen LogP contribution in [-0.2, 0) is 0 Å². The second kappa shape index (κ2) is 4.91. The number of hydrogen-bond donors (Lipinski definition) is 2. The molecule has 2 N–H and O–H groups in total. The highest BCUT2D eigenvalue weighted by atomic mass is 16.6. The number of H-pyrrole nitrogens is 1. The quantitative estimate of drug-likeness (QED) is 0.560. The third-order valence-corrected chi connectivity index (χ3v) is 3.14. The van der Waals surface area contributed by atoms with E-state index in [4.69, 9.17) is 8.83 Å². The van der Waals surface area contributed by atoms with E-state index < -0.39 is 10.7 Å². The van der Waals surface area contributed by atoms with Crippen molar-refractivity contribution in [3.8, 4) is 0 Å². The van der Waals surface area contributed by atoms with Crippen molar-refractivity contribution in [1.29, 1.82) is 0 Å². The molecule has 1 atom stereocenters. The Bertz CT molecular complexity index is 860. The molecule has 0 aliphatic carbocycles. The Morgan fingerprint density at radius 1 is 1.29 bits per heavy atom. The van der Waals surface area contributed by atoms with Gasteiger partial charge in [-0.05, 0) is 30.8 Å². The number of fused-ring (bicyclic) bond motifs is 1. The zero-order chi connectivity index (χ0) is 15.0. The summed E-state index contributed by atoms with van der Waals surface area (Å²) in [6.45, 7) is 0. The van der Waals surface area contributed by atoms with Crippen LogP contribution >= 0.6 is 0 Å². The lowest BCUT2D eigenvalue weighted by Crippen LogP contribution is -2.16. The summed E-state index contributed by atoms with van der Waals surface area (Å²) in [6, 6.07) is 7.62. The van der Waals surface area contributed by atoms with Gasteiger partial charge in [0, 0.05) is 0 Å². The number of furan rings is 1. The van der Waals surface area contributed by atoms with Gasteiger partial charge in [-0.15, -0.1) is 0 Å². The average Bonchev–Trinajstić information content (AvgIpc) is 3.05. The number of nitrogens with zero attached hydrogens (tertiary/aromatic N) is 1. The predicted molar refractivity (Wildman–Crippen MR) is 73.1 cm³/mol. The molecule has 8 nitrogen and oxygen atoms in total. The van der Waals surface area contributed by atoms with Crippen molar-refractivity contribution in [1.82, 2.24) is 10.3 Å². The summed E-state index contributed by atoms with van der Waals surface area (Å²) in [5.74, 6) is -0.447. The van der Waals surface area contributed by atoms with Crippen molar-refractivity contribution in [2.75, 3.05) is 7.05 Å². The van der Waals surface area contributed by atoms with Gasteiger partial charge in [0.2, 0.25) is 0 Å². The van der Waals surface area contributed by atoms with Gasteiger partial charge >= 0.3 is 11.6 Å². The molecule has 3 rings (SSSR count). The molecule has 0 saturated heterocycles. The highest BCUT2D eigenvalue weighted by Gasteiger charge is 2.20. The minimum absolute atomic E-state index is 0.320. The first kappa shape index (κ1) is 13.1. The zero-order valence-corrected chi connectivity index (χ0v) is 11.0. The molecule has 1 unspecified atom stereocenters. The normalized spacial score (nSPS) is 12.6. The van der Waals surface area contributed by atoms with Crippen LogP contribution in [0.25, 0.3) is 11.1 Å². The summed E-state index contributed by atoms with van der Waals surface area (Å²) in [7, 11) is 1.70. The summed E-state index contributed by atoms with van der Waals surface area (Å²) in [5.41, 5.74) is 1.76. The highest BCUT2D eigenvalue weighted by molar-refractivity contribution is 5.73. The lowest BCUT2D eigenvalue weighted by Gasteiger charge is -2.13. The molecule has 21 heavy (non-hydrogen) atoms. The summed E-state index contributed by atoms with van der Waals surface area (Å²) in [6.07, 6.45) is 0. The molecule has 108 valence electrons. The van der Waals surface area contributed by atoms with Crippen molar-refractivity contribution in [2.45, 2.75) is 6.04 Å². The molecule has 0 radical (unpaired) electrons. The number of rotatable bonds is 4. The van der Waals surface area contributed by atoms with E-state index >= 15 is 0 Å². The molecule has 8 heteroatoms. The molecule has 1 aromatic carbocycles. The van der Waals surface area contributed by atoms with Gasteiger partial charge in [-0.25, -0.2) is 4.79 Å². The SMILES string of the molecule is CNC(c1ccc2[nH]c(=O)oc2c1)c1ccc([N+](=O)[O-])o1. The van der Waals surface area contributed by atoms with E-state index in [2.05, 4.69) is 10.3 Å². The van der Waals surface area contributed by atoms with Crippen LogP contribution in [0.5, 0.6) is 0 Å². The van der Waals surface area contributed by atoms with E-state index in [-0.39, 0.29) is 11.9 Å². The van der Waals surface area contributed by atoms with Crippen LogP contribution in [0.15, 0.2) is 44.0 Å². The number of nitrogens with one attached hydrogen (secondary N) is 2. The van der Waals surface area contributed by atoms with E-state index in [0.29, 0.717) is 16.9 Å². The Kier molecular flexibility index (Phi) is 3.07. The molecule has 0 aliphatic rings. The Morgan fingerprint density at radius 2 is 2.10 bits per heavy atom. The molecule has 0 aliphatic heterocycles. The van der Waals surface area contributed by atoms with E-state index in [1.165, 1.54) is 12.1 Å². The molecule has 2 aromatic heterocycles. The maximum atomic E-state index is 11.2. The average molecular weight is 289 g/mol. The maximum absolute atomic E-state index is 11.2. The first-order valence-corrected chi connectivity index (χ1v) is 6.12. The number of hydrogen-bond acceptors (Lipinski definition) is 6. The molecular weight excluding hydrogens is 278 g/mol. The molecule has 2 heterocycles. The van der Waals surface area contributed by atoms with Gasteiger partial charge in [0.25, 0.3) is 0 Å². The lowest BCUT2D eigenvalue weighted by atomic mass is 10.0. The van der Waals surface area contributed by atoms with Crippen LogP contribution in [0.1, 0.15) is 17.4 Å². The summed E-state index contributed by atoms with van der Waals surface area (Å²) < 4.78 is 10.2. The van der Waals surface area contributed by atoms with Gasteiger partial charge in [0.1, 0.15) is 10.7 Å². The van der Waals surface area contributed by atoms with Crippen LogP contribution in [-0.4, -0.2) is 17.0 Å². The van der Waals surface area contributed by atoms with Gasteiger partial charge in [0.15, 0.2) is 5.58 Å². The molecule has 0 fully saturated rings. The van der Waals surface area contributed by atoms with E-state index in [0.717, 1.165) is 5.56 Å². The fourth-order valence-electron chi connectivity index (χ4n) is 2.21. The highest BCUT2D eigenvalue weighted by Crippen LogP contribution is 2.28. The molecule has 0 bridgehead atoms. The summed E-state index contributed by atoms with van der Waals surface area (Å²) in [5, 5.41) is 13.7. The summed E-state index contributed by atoms with van der Waals surface area (Å²) >= 11 is 0. The molecule has 0 saturated carbocycles. The van der Waals surface area contributed by atoms with Gasteiger partial charge in [0.05, 0.1) is 17.6 Å². The first-order chi connectivity index (χ1) is 10.1. The Labute approximate surface area is 117 Å². The molecular formula is C13H11N3O5. The third-order valence-electron chi connectivity index (χ3n) is 3.14. The van der Waals surface area contributed by atoms with Gasteiger partial charge in [-0.2, -0.15) is 0 Å². The topological polar surface area (TPSA) is 114 Å². The van der Waals surface area contributed by atoms with Gasteiger partial charge in [-0.3, -0.25) is 15.1 Å². The van der Waals surface area contributed by atoms with Crippen molar-refractivity contribution in [3.63, 3.8) is 0 Å². The van der Waals surface area contributed by atoms with E-state index in [1.54, 1.807) is 25.2 Å². The van der Waals surface area contributed by atoms with Crippen molar-refractivity contribution in [2.24, 2.45) is 0 Å². The van der Waals surface area contributed by atoms with Crippen LogP contribution in [0.2, 0.25) is 0 Å². The standard InChI is InChI=1S/C13H11N3O5/c1-14-12(9-4-5-11(20-9)16(18)19)7-2-3-8-10(6-7)21-13(17)15-8/h2-6,12,14H,1H3,(H,15,17).